The molecule has 0 radical (unpaired) electrons. The van der Waals surface area contributed by atoms with Crippen LogP contribution in [0.25, 0.3) is 0 Å². The number of ether oxygens (including phenoxy) is 24. The molecule has 12 rings (SSSR count). The first-order chi connectivity index (χ1) is 66.8. The van der Waals surface area contributed by atoms with Gasteiger partial charge in [0.15, 0.2) is 24.8 Å². The van der Waals surface area contributed by atoms with Crippen LogP contribution in [0.5, 0.6) is 46.0 Å². The van der Waals surface area contributed by atoms with Crippen molar-refractivity contribution in [2.45, 2.75) is 53.1 Å². The van der Waals surface area contributed by atoms with Crippen LogP contribution in [0, 0.1) is 22.7 Å². The van der Waals surface area contributed by atoms with Gasteiger partial charge in [0, 0.05) is 60.4 Å². The molecule has 0 saturated heterocycles. The Kier molecular flexibility index (Phi) is 55.2. The van der Waals surface area contributed by atoms with E-state index < -0.39 is 39.5 Å². The molecule has 4 aromatic carbocycles. The Morgan fingerprint density at radius 2 is 0.430 bits per heavy atom. The second kappa shape index (κ2) is 64.0. The quantitative estimate of drug-likeness (QED) is 0.0521. The van der Waals surface area contributed by atoms with Crippen molar-refractivity contribution >= 4 is 39.5 Å². The van der Waals surface area contributed by atoms with Crippen LogP contribution in [0.15, 0.2) is 158 Å². The molecule has 0 saturated carbocycles. The van der Waals surface area contributed by atoms with Crippen molar-refractivity contribution in [1.29, 1.82) is 10.5 Å². The fourth-order valence-electron chi connectivity index (χ4n) is 11.4. The first kappa shape index (κ1) is 122. The molecule has 36 nitrogen and oxygen atoms in total. The van der Waals surface area contributed by atoms with Gasteiger partial charge in [-0.25, -0.2) is 38.3 Å². The summed E-state index contributed by atoms with van der Waals surface area (Å²) in [6.45, 7) is 13.3. The maximum Gasteiger partial charge on any atom is 0.357 e. The normalized spacial score (nSPS) is 17.3. The molecule has 12 bridgehead atoms. The Hall–Kier alpha value is -11.8. The van der Waals surface area contributed by atoms with Gasteiger partial charge in [0.1, 0.15) is 162 Å². The average Bonchev–Trinajstić information content (AvgIpc) is 0.791. The zero-order valence-electron chi connectivity index (χ0n) is 78.4. The van der Waals surface area contributed by atoms with Crippen LogP contribution in [0.4, 0.5) is 50.4 Å². The van der Waals surface area contributed by atoms with Gasteiger partial charge in [-0.2, -0.15) is 10.5 Å². The minimum atomic E-state index is -10.7. The number of aryl methyl sites for hydroxylation is 4. The van der Waals surface area contributed by atoms with Crippen molar-refractivity contribution in [3.8, 4) is 58.1 Å². The van der Waals surface area contributed by atoms with Gasteiger partial charge in [-0.15, -0.1) is 0 Å². The van der Waals surface area contributed by atoms with Crippen LogP contribution >= 0.6 is 15.6 Å². The number of nitriles is 2. The van der Waals surface area contributed by atoms with Crippen molar-refractivity contribution < 1.29 is 203 Å². The van der Waals surface area contributed by atoms with Gasteiger partial charge >= 0.3 is 89.9 Å². The molecule has 4 aliphatic rings. The summed E-state index contributed by atoms with van der Waals surface area (Å²) in [5.41, 5.74) is 4.72. The van der Waals surface area contributed by atoms with Gasteiger partial charge in [0.2, 0.25) is 0 Å². The fraction of sp³-hybridized carbons (Fsp3) is 0.457. The second-order valence-electron chi connectivity index (χ2n) is 28.9. The molecule has 0 unspecified atom stereocenters. The topological polar surface area (TPSA) is 434 Å². The van der Waals surface area contributed by atoms with E-state index in [4.69, 9.17) is 124 Å². The SMILES string of the molecule is CC#N.CC#N.C[n+]1ccc(CCc2cc[n+](C)cc2)cc1.F[P-](F)(F)(F)(F)F.F[P-](F)(F)(F)(F)F.O.O.O=C1OCc2cc3ccc2OCCOCCOCCOCCOc2ccc(cc2COC(=O)c2cccc1n2)OCCOCCOCCOCCO3.O=C1OCc2cc3ccc2OCCOCCOCCOCCOc2ccc(cc2COC(=O)c2cccc1n2)OCCOCCOCCOCCO3. The summed E-state index contributed by atoms with van der Waals surface area (Å²) in [6, 6.07) is 42.0. The number of aromatic nitrogens is 4. The zero-order chi connectivity index (χ0) is 102. The molecule has 8 heterocycles. The summed E-state index contributed by atoms with van der Waals surface area (Å²) in [5, 5.41) is 14.6. The maximum absolute atomic E-state index is 13.1. The van der Waals surface area contributed by atoms with Crippen LogP contribution in [0.3, 0.4) is 0 Å². The molecule has 4 aliphatic heterocycles. The zero-order valence-corrected chi connectivity index (χ0v) is 80.2. The van der Waals surface area contributed by atoms with Crippen LogP contribution in [0.2, 0.25) is 0 Å². The first-order valence-corrected chi connectivity index (χ1v) is 47.6. The number of carbonyl (C=O) groups excluding carboxylic acids is 4. The number of fused-ring (bicyclic) bond motifs is 12. The third-order valence-corrected chi connectivity index (χ3v) is 17.6. The minimum absolute atomic E-state index is 0. The molecule has 0 aliphatic carbocycles. The maximum atomic E-state index is 13.1. The van der Waals surface area contributed by atoms with E-state index in [9.17, 15) is 69.5 Å². The minimum Gasteiger partial charge on any atom is -0.491 e. The molecule has 142 heavy (non-hydrogen) atoms. The molecule has 0 atom stereocenters. The van der Waals surface area contributed by atoms with E-state index in [-0.39, 0.29) is 113 Å². The van der Waals surface area contributed by atoms with E-state index in [0.717, 1.165) is 12.8 Å². The molecule has 0 amide bonds. The van der Waals surface area contributed by atoms with Crippen molar-refractivity contribution in [2.75, 3.05) is 211 Å². The number of carbonyl (C=O) groups is 4. The molecule has 4 N–H and O–H groups in total. The van der Waals surface area contributed by atoms with E-state index in [1.807, 2.05) is 14.1 Å². The van der Waals surface area contributed by atoms with E-state index >= 15 is 0 Å². The number of rotatable bonds is 3. The van der Waals surface area contributed by atoms with Crippen LogP contribution < -0.4 is 47.0 Å². The molecule has 50 heteroatoms. The number of nitrogens with zero attached hydrogens (tertiary/aromatic N) is 6. The van der Waals surface area contributed by atoms with Crippen LogP contribution in [-0.2, 0) is 129 Å². The predicted molar refractivity (Wildman–Crippen MR) is 484 cm³/mol. The molecule has 0 fully saturated rings. The van der Waals surface area contributed by atoms with Gasteiger partial charge in [-0.05, 0) is 121 Å². The number of benzene rings is 4. The first-order valence-electron chi connectivity index (χ1n) is 43.5. The van der Waals surface area contributed by atoms with Crippen molar-refractivity contribution in [2.24, 2.45) is 14.1 Å². The van der Waals surface area contributed by atoms with Crippen molar-refractivity contribution in [1.82, 2.24) is 9.97 Å². The summed E-state index contributed by atoms with van der Waals surface area (Å²) in [4.78, 5) is 61.0. The van der Waals surface area contributed by atoms with Crippen molar-refractivity contribution in [3.05, 3.63) is 214 Å². The molecule has 0 spiro atoms. The third-order valence-electron chi connectivity index (χ3n) is 17.6. The summed E-state index contributed by atoms with van der Waals surface area (Å²) in [5.74, 6) is 1.10. The van der Waals surface area contributed by atoms with E-state index in [2.05, 4.69) is 68.2 Å². The third kappa shape index (κ3) is 60.5. The largest absolute Gasteiger partial charge is 0.491 e. The van der Waals surface area contributed by atoms with Gasteiger partial charge in [-0.3, -0.25) is 0 Å². The number of hydrogen-bond acceptors (Lipinski definition) is 32. The monoisotopic (exact) mass is 2080 g/mol. The van der Waals surface area contributed by atoms with E-state index in [0.29, 0.717) is 227 Å². The van der Waals surface area contributed by atoms with Gasteiger partial charge in [-0.1, -0.05) is 12.1 Å². The van der Waals surface area contributed by atoms with Gasteiger partial charge in [0.05, 0.1) is 171 Å². The van der Waals surface area contributed by atoms with E-state index in [1.54, 1.807) is 84.9 Å². The van der Waals surface area contributed by atoms with E-state index in [1.165, 1.54) is 61.4 Å². The van der Waals surface area contributed by atoms with Gasteiger partial charge < -0.3 is 125 Å². The van der Waals surface area contributed by atoms with Crippen LogP contribution in [-0.4, -0.2) is 256 Å². The van der Waals surface area contributed by atoms with Crippen molar-refractivity contribution in [3.63, 3.8) is 0 Å². The molecular weight excluding hydrogens is 1960 g/mol. The summed E-state index contributed by atoms with van der Waals surface area (Å²) in [7, 11) is -17.2. The number of esters is 4. The Morgan fingerprint density at radius 1 is 0.268 bits per heavy atom. The molecular formula is C92H118F12N6O30P2. The predicted octanol–water partition coefficient (Wildman–Crippen LogP) is 14.2. The number of halogens is 12. The smallest absolute Gasteiger partial charge is 0.357 e. The van der Waals surface area contributed by atoms with Crippen LogP contribution in [0.1, 0.15) is 89.2 Å². The number of hydrogen-bond donors (Lipinski definition) is 0. The Labute approximate surface area is 811 Å². The Bertz CT molecular complexity index is 4570. The molecule has 8 aromatic rings. The summed E-state index contributed by atoms with van der Waals surface area (Å²) >= 11 is 0. The van der Waals surface area contributed by atoms with Gasteiger partial charge in [0.25, 0.3) is 0 Å². The average molecular weight is 2080 g/mol. The molecule has 4 aromatic heterocycles. The standard InChI is InChI=1S/2C37H45NO14.C14H18N2.2C2H3N.2F6P.2H2O/c2*39-36-32-2-1-3-33(38-32)37(40)52-27-29-25-31-5-7-35(29)50-23-19-46-15-11-42-10-14-45-18-22-49-34-6-4-30(24-28(34)26-51-36)47-20-16-43-12-8-41-9-13-44-17-21-48-31;1-15-9-5-13(6-10-15)3-4-14-7-11-16(2)12-8-14;2*1-2-3;2*1-7(2,3,4,5)6;;/h2*1-7,24-25H,8-23,26-27H2;5-12H,3-4H2,1-2H3;2*1H3;;;2*1H2/q;;+2;;;2*-1;;. The Morgan fingerprint density at radius 3 is 0.606 bits per heavy atom. The fourth-order valence-corrected chi connectivity index (χ4v) is 11.4. The second-order valence-corrected chi connectivity index (χ2v) is 32.8. The molecule has 790 valence electrons. The summed E-state index contributed by atoms with van der Waals surface area (Å²) in [6.07, 6.45) is 10.6. The summed E-state index contributed by atoms with van der Waals surface area (Å²) < 4.78 is 260. The Balaban J connectivity index is 0.000000434. The number of pyridine rings is 4.